The molecule has 1 aliphatic rings. The van der Waals surface area contributed by atoms with E-state index in [9.17, 15) is 5.11 Å². The van der Waals surface area contributed by atoms with Crippen LogP contribution in [0.5, 0.6) is 0 Å². The van der Waals surface area contributed by atoms with E-state index in [0.29, 0.717) is 12.8 Å². The van der Waals surface area contributed by atoms with Gasteiger partial charge in [-0.3, -0.25) is 0 Å². The van der Waals surface area contributed by atoms with Crippen molar-refractivity contribution in [3.05, 3.63) is 83.2 Å². The molecule has 0 radical (unpaired) electrons. The lowest BCUT2D eigenvalue weighted by molar-refractivity contribution is -0.0738. The summed E-state index contributed by atoms with van der Waals surface area (Å²) in [5.74, 6) is 0. The zero-order chi connectivity index (χ0) is 24.5. The molecule has 3 aromatic heterocycles. The summed E-state index contributed by atoms with van der Waals surface area (Å²) < 4.78 is 1.85. The van der Waals surface area contributed by atoms with Crippen LogP contribution in [0.4, 0.5) is 0 Å². The lowest BCUT2D eigenvalue weighted by Gasteiger charge is -2.49. The number of hydrogen-bond donors (Lipinski definition) is 2. The van der Waals surface area contributed by atoms with Crippen LogP contribution in [0, 0.1) is 20.8 Å². The van der Waals surface area contributed by atoms with Crippen molar-refractivity contribution >= 4 is 16.7 Å². The average molecular weight is 464 g/mol. The van der Waals surface area contributed by atoms with Crippen molar-refractivity contribution < 1.29 is 5.11 Å². The summed E-state index contributed by atoms with van der Waals surface area (Å²) in [6, 6.07) is 20.7. The predicted molar refractivity (Wildman–Crippen MR) is 139 cm³/mol. The average Bonchev–Trinajstić information content (AvgIpc) is 3.18. The number of nitrogens with two attached hydrogens (primary N) is 1. The molecule has 0 bridgehead atoms. The zero-order valence-electron chi connectivity index (χ0n) is 20.5. The van der Waals surface area contributed by atoms with E-state index in [1.54, 1.807) is 0 Å². The fraction of sp³-hybridized carbons (Fsp3) is 0.276. The van der Waals surface area contributed by atoms with Crippen LogP contribution in [0.25, 0.3) is 39.1 Å². The molecule has 6 heteroatoms. The molecule has 1 aliphatic carbocycles. The summed E-state index contributed by atoms with van der Waals surface area (Å²) in [7, 11) is 0. The molecule has 6 rings (SSSR count). The fourth-order valence-electron chi connectivity index (χ4n) is 5.86. The van der Waals surface area contributed by atoms with Crippen molar-refractivity contribution in [3.63, 3.8) is 0 Å². The Labute approximate surface area is 204 Å². The van der Waals surface area contributed by atoms with E-state index in [1.165, 1.54) is 0 Å². The fourth-order valence-corrected chi connectivity index (χ4v) is 5.86. The number of aromatic nitrogens is 4. The zero-order valence-corrected chi connectivity index (χ0v) is 20.5. The van der Waals surface area contributed by atoms with Gasteiger partial charge in [-0.05, 0) is 57.2 Å². The predicted octanol–water partition coefficient (Wildman–Crippen LogP) is 5.24. The van der Waals surface area contributed by atoms with Gasteiger partial charge in [-0.2, -0.15) is 9.61 Å². The van der Waals surface area contributed by atoms with Gasteiger partial charge in [0.05, 0.1) is 22.7 Å². The van der Waals surface area contributed by atoms with Crippen molar-refractivity contribution in [1.82, 2.24) is 19.6 Å². The van der Waals surface area contributed by atoms with Crippen LogP contribution in [0.15, 0.2) is 60.7 Å². The van der Waals surface area contributed by atoms with Crippen LogP contribution >= 0.6 is 0 Å². The molecule has 1 fully saturated rings. The third kappa shape index (κ3) is 3.44. The highest BCUT2D eigenvalue weighted by Gasteiger charge is 2.49. The second-order valence-electron chi connectivity index (χ2n) is 10.4. The molecule has 0 amide bonds. The quantitative estimate of drug-likeness (QED) is 0.382. The topological polar surface area (TPSA) is 89.3 Å². The van der Waals surface area contributed by atoms with Gasteiger partial charge < -0.3 is 10.8 Å². The van der Waals surface area contributed by atoms with Gasteiger partial charge in [-0.15, -0.1) is 0 Å². The van der Waals surface area contributed by atoms with Crippen molar-refractivity contribution in [3.8, 4) is 22.4 Å². The first-order valence-corrected chi connectivity index (χ1v) is 12.0. The maximum Gasteiger partial charge on any atom is 0.165 e. The Hall–Kier alpha value is -3.61. The first-order chi connectivity index (χ1) is 16.7. The molecular weight excluding hydrogens is 434 g/mol. The number of pyridine rings is 1. The Morgan fingerprint density at radius 3 is 2.26 bits per heavy atom. The standard InChI is InChI=1S/C29H29N5O/c1-17-14-23-31-19(3)24-18(2)25(20-8-6-5-7-9-20)26(32-27(24)34(23)33-17)21-10-12-22(13-11-21)29(30)15-28(4,35)16-29/h5-14,35H,15-16,30H2,1-4H3. The van der Waals surface area contributed by atoms with Crippen LogP contribution < -0.4 is 5.73 Å². The monoisotopic (exact) mass is 463 g/mol. The Morgan fingerprint density at radius 1 is 0.914 bits per heavy atom. The molecule has 0 spiro atoms. The molecular formula is C29H29N5O. The molecule has 2 aromatic carbocycles. The number of rotatable bonds is 3. The number of aryl methyl sites for hydroxylation is 3. The van der Waals surface area contributed by atoms with Gasteiger partial charge in [0.25, 0.3) is 0 Å². The molecule has 0 aliphatic heterocycles. The Bertz CT molecular complexity index is 1590. The number of fused-ring (bicyclic) bond motifs is 3. The van der Waals surface area contributed by atoms with E-state index in [0.717, 1.165) is 61.6 Å². The molecule has 35 heavy (non-hydrogen) atoms. The largest absolute Gasteiger partial charge is 0.390 e. The maximum absolute atomic E-state index is 10.2. The van der Waals surface area contributed by atoms with Gasteiger partial charge in [0.1, 0.15) is 0 Å². The summed E-state index contributed by atoms with van der Waals surface area (Å²) in [5, 5.41) is 16.0. The lowest BCUT2D eigenvalue weighted by atomic mass is 9.63. The van der Waals surface area contributed by atoms with Gasteiger partial charge in [0.2, 0.25) is 0 Å². The third-order valence-electron chi connectivity index (χ3n) is 7.27. The summed E-state index contributed by atoms with van der Waals surface area (Å²) >= 11 is 0. The van der Waals surface area contributed by atoms with Gasteiger partial charge in [0.15, 0.2) is 11.3 Å². The molecule has 1 saturated carbocycles. The van der Waals surface area contributed by atoms with Gasteiger partial charge in [-0.25, -0.2) is 9.97 Å². The van der Waals surface area contributed by atoms with Crippen molar-refractivity contribution in [2.24, 2.45) is 5.73 Å². The smallest absolute Gasteiger partial charge is 0.165 e. The molecule has 3 heterocycles. The van der Waals surface area contributed by atoms with Crippen LogP contribution in [-0.4, -0.2) is 30.3 Å². The van der Waals surface area contributed by atoms with E-state index >= 15 is 0 Å². The van der Waals surface area contributed by atoms with E-state index in [-0.39, 0.29) is 0 Å². The second kappa shape index (κ2) is 7.44. The minimum absolute atomic E-state index is 0.488. The summed E-state index contributed by atoms with van der Waals surface area (Å²) in [6.07, 6.45) is 1.12. The van der Waals surface area contributed by atoms with Gasteiger partial charge in [-0.1, -0.05) is 54.6 Å². The first-order valence-electron chi connectivity index (χ1n) is 12.0. The molecule has 3 N–H and O–H groups in total. The summed E-state index contributed by atoms with van der Waals surface area (Å²) in [4.78, 5) is 10.0. The van der Waals surface area contributed by atoms with Crippen LogP contribution in [-0.2, 0) is 5.54 Å². The number of benzene rings is 2. The van der Waals surface area contributed by atoms with Crippen molar-refractivity contribution in [2.75, 3.05) is 0 Å². The molecule has 0 saturated heterocycles. The van der Waals surface area contributed by atoms with E-state index in [4.69, 9.17) is 20.8 Å². The Balaban J connectivity index is 1.60. The van der Waals surface area contributed by atoms with Crippen LogP contribution in [0.2, 0.25) is 0 Å². The lowest BCUT2D eigenvalue weighted by Crippen LogP contribution is -2.58. The molecule has 176 valence electrons. The van der Waals surface area contributed by atoms with Gasteiger partial charge >= 0.3 is 0 Å². The normalized spacial score (nSPS) is 22.0. The minimum Gasteiger partial charge on any atom is -0.390 e. The van der Waals surface area contributed by atoms with E-state index in [1.807, 2.05) is 37.4 Å². The molecule has 0 unspecified atom stereocenters. The molecule has 0 atom stereocenters. The highest BCUT2D eigenvalue weighted by Crippen LogP contribution is 2.46. The minimum atomic E-state index is -0.690. The SMILES string of the molecule is Cc1cc2nc(C)c3c(C)c(-c4ccccc4)c(-c4ccc(C5(N)CC(C)(O)C5)cc4)nc3n2n1. The maximum atomic E-state index is 10.2. The molecule has 5 aromatic rings. The van der Waals surface area contributed by atoms with Gasteiger partial charge in [0, 0.05) is 28.1 Å². The number of hydrogen-bond acceptors (Lipinski definition) is 5. The van der Waals surface area contributed by atoms with Crippen LogP contribution in [0.3, 0.4) is 0 Å². The Kier molecular flexibility index (Phi) is 4.66. The highest BCUT2D eigenvalue weighted by molar-refractivity contribution is 5.96. The highest BCUT2D eigenvalue weighted by atomic mass is 16.3. The van der Waals surface area contributed by atoms with E-state index < -0.39 is 11.1 Å². The Morgan fingerprint density at radius 2 is 1.60 bits per heavy atom. The van der Waals surface area contributed by atoms with Crippen LogP contribution in [0.1, 0.15) is 42.3 Å². The summed E-state index contributed by atoms with van der Waals surface area (Å²) in [6.45, 7) is 8.00. The number of nitrogens with zero attached hydrogens (tertiary/aromatic N) is 4. The van der Waals surface area contributed by atoms with Crippen molar-refractivity contribution in [2.45, 2.75) is 51.7 Å². The first kappa shape index (κ1) is 21.9. The summed E-state index contributed by atoms with van der Waals surface area (Å²) in [5.41, 5.74) is 15.2. The molecule has 6 nitrogen and oxygen atoms in total. The number of aliphatic hydroxyl groups is 1. The second-order valence-corrected chi connectivity index (χ2v) is 10.4. The van der Waals surface area contributed by atoms with E-state index in [2.05, 4.69) is 55.5 Å². The van der Waals surface area contributed by atoms with Crippen molar-refractivity contribution in [1.29, 1.82) is 0 Å². The third-order valence-corrected chi connectivity index (χ3v) is 7.27.